The predicted octanol–water partition coefficient (Wildman–Crippen LogP) is 1.61. The van der Waals surface area contributed by atoms with Gasteiger partial charge in [0.05, 0.1) is 0 Å². The lowest BCUT2D eigenvalue weighted by Crippen LogP contribution is -2.41. The third kappa shape index (κ3) is 2.67. The molecular weight excluding hydrogens is 204 g/mol. The number of carbonyl (C=O) groups excluding carboxylic acids is 1. The topological polar surface area (TPSA) is 41.6 Å². The van der Waals surface area contributed by atoms with Crippen molar-refractivity contribution in [2.45, 2.75) is 45.3 Å². The summed E-state index contributed by atoms with van der Waals surface area (Å²) >= 11 is 0. The number of nitrogens with one attached hydrogen (secondary N) is 1. The first-order chi connectivity index (χ1) is 7.46. The Hall–Kier alpha value is -0.770. The molecule has 0 radical (unpaired) electrons. The maximum absolute atomic E-state index is 11.9. The lowest BCUT2D eigenvalue weighted by atomic mass is 9.94. The van der Waals surface area contributed by atoms with Crippen molar-refractivity contribution >= 4 is 6.09 Å². The third-order valence-corrected chi connectivity index (χ3v) is 3.25. The summed E-state index contributed by atoms with van der Waals surface area (Å²) < 4.78 is 5.39. The molecule has 0 aromatic heterocycles. The summed E-state index contributed by atoms with van der Waals surface area (Å²) in [7, 11) is 0. The van der Waals surface area contributed by atoms with Gasteiger partial charge in [-0.2, -0.15) is 0 Å². The highest BCUT2D eigenvalue weighted by Crippen LogP contribution is 2.26. The van der Waals surface area contributed by atoms with Gasteiger partial charge < -0.3 is 15.0 Å². The van der Waals surface area contributed by atoms with Gasteiger partial charge in [0, 0.05) is 19.1 Å². The second-order valence-corrected chi connectivity index (χ2v) is 5.85. The molecule has 4 heteroatoms. The van der Waals surface area contributed by atoms with E-state index in [0.29, 0.717) is 12.0 Å². The molecule has 0 unspecified atom stereocenters. The number of nitrogens with zero attached hydrogens (tertiary/aromatic N) is 1. The van der Waals surface area contributed by atoms with E-state index in [-0.39, 0.29) is 6.09 Å². The molecule has 0 spiro atoms. The fourth-order valence-electron chi connectivity index (χ4n) is 2.52. The summed E-state index contributed by atoms with van der Waals surface area (Å²) in [4.78, 5) is 13.7. The van der Waals surface area contributed by atoms with E-state index in [2.05, 4.69) is 5.32 Å². The van der Waals surface area contributed by atoms with E-state index >= 15 is 0 Å². The van der Waals surface area contributed by atoms with E-state index < -0.39 is 5.60 Å². The Kier molecular flexibility index (Phi) is 3.10. The van der Waals surface area contributed by atoms with Crippen LogP contribution < -0.4 is 5.32 Å². The van der Waals surface area contributed by atoms with Crippen molar-refractivity contribution in [2.24, 2.45) is 5.92 Å². The van der Waals surface area contributed by atoms with Gasteiger partial charge in [-0.1, -0.05) is 0 Å². The second-order valence-electron chi connectivity index (χ2n) is 5.85. The highest BCUT2D eigenvalue weighted by atomic mass is 16.6. The van der Waals surface area contributed by atoms with Crippen LogP contribution in [-0.4, -0.2) is 42.3 Å². The zero-order chi connectivity index (χ0) is 11.8. The smallest absolute Gasteiger partial charge is 0.410 e. The molecule has 0 saturated carbocycles. The number of piperidine rings is 1. The van der Waals surface area contributed by atoms with Gasteiger partial charge in [0.15, 0.2) is 0 Å². The summed E-state index contributed by atoms with van der Waals surface area (Å²) in [6.45, 7) is 8.47. The molecule has 2 aliphatic rings. The lowest BCUT2D eigenvalue weighted by Gasteiger charge is -2.24. The number of fused-ring (bicyclic) bond motifs is 1. The standard InChI is InChI=1S/C12H22N2O2/c1-12(2,3)16-11(15)14-7-9-5-4-6-13-10(9)8-14/h9-10,13H,4-8H2,1-3H3/t9-,10-/m0/s1. The number of likely N-dealkylation sites (tertiary alicyclic amines) is 1. The summed E-state index contributed by atoms with van der Waals surface area (Å²) in [5.41, 5.74) is -0.391. The van der Waals surface area contributed by atoms with Crippen molar-refractivity contribution in [1.82, 2.24) is 10.2 Å². The van der Waals surface area contributed by atoms with E-state index in [4.69, 9.17) is 4.74 Å². The molecule has 16 heavy (non-hydrogen) atoms. The normalized spacial score (nSPS) is 30.1. The van der Waals surface area contributed by atoms with E-state index in [9.17, 15) is 4.79 Å². The Bertz CT molecular complexity index is 259. The van der Waals surface area contributed by atoms with Crippen molar-refractivity contribution in [2.75, 3.05) is 19.6 Å². The van der Waals surface area contributed by atoms with E-state index in [1.165, 1.54) is 12.8 Å². The zero-order valence-electron chi connectivity index (χ0n) is 10.5. The Morgan fingerprint density at radius 2 is 2.12 bits per heavy atom. The van der Waals surface area contributed by atoms with Crippen LogP contribution in [0.4, 0.5) is 4.79 Å². The van der Waals surface area contributed by atoms with E-state index in [0.717, 1.165) is 19.6 Å². The Morgan fingerprint density at radius 3 is 2.75 bits per heavy atom. The molecule has 1 N–H and O–H groups in total. The van der Waals surface area contributed by atoms with Crippen molar-refractivity contribution < 1.29 is 9.53 Å². The third-order valence-electron chi connectivity index (χ3n) is 3.25. The van der Waals surface area contributed by atoms with Crippen LogP contribution in [0.5, 0.6) is 0 Å². The van der Waals surface area contributed by atoms with Crippen LogP contribution in [0.2, 0.25) is 0 Å². The summed E-state index contributed by atoms with van der Waals surface area (Å²) in [5, 5.41) is 3.48. The molecule has 1 amide bonds. The molecule has 0 bridgehead atoms. The molecule has 4 nitrogen and oxygen atoms in total. The van der Waals surface area contributed by atoms with Crippen LogP contribution in [0.25, 0.3) is 0 Å². The first kappa shape index (κ1) is 11.7. The number of hydrogen-bond donors (Lipinski definition) is 1. The number of carbonyl (C=O) groups is 1. The molecule has 2 heterocycles. The second kappa shape index (κ2) is 4.24. The Balaban J connectivity index is 1.90. The quantitative estimate of drug-likeness (QED) is 0.682. The van der Waals surface area contributed by atoms with Gasteiger partial charge in [-0.05, 0) is 46.1 Å². The van der Waals surface area contributed by atoms with Gasteiger partial charge in [0.2, 0.25) is 0 Å². The Morgan fingerprint density at radius 1 is 1.38 bits per heavy atom. The summed E-state index contributed by atoms with van der Waals surface area (Å²) in [5.74, 6) is 0.626. The fraction of sp³-hybridized carbons (Fsp3) is 0.917. The monoisotopic (exact) mass is 226 g/mol. The molecule has 0 aliphatic carbocycles. The summed E-state index contributed by atoms with van der Waals surface area (Å²) in [6, 6.07) is 0.487. The van der Waals surface area contributed by atoms with Gasteiger partial charge >= 0.3 is 6.09 Å². The van der Waals surface area contributed by atoms with Crippen LogP contribution in [0.3, 0.4) is 0 Å². The van der Waals surface area contributed by atoms with Gasteiger partial charge in [-0.25, -0.2) is 4.79 Å². The van der Waals surface area contributed by atoms with Gasteiger partial charge in [-0.15, -0.1) is 0 Å². The largest absolute Gasteiger partial charge is 0.444 e. The van der Waals surface area contributed by atoms with Crippen LogP contribution in [0, 0.1) is 5.92 Å². The fourth-order valence-corrected chi connectivity index (χ4v) is 2.52. The van der Waals surface area contributed by atoms with Crippen molar-refractivity contribution in [1.29, 1.82) is 0 Å². The number of hydrogen-bond acceptors (Lipinski definition) is 3. The van der Waals surface area contributed by atoms with E-state index in [1.807, 2.05) is 25.7 Å². The van der Waals surface area contributed by atoms with Gasteiger partial charge in [0.25, 0.3) is 0 Å². The van der Waals surface area contributed by atoms with Crippen molar-refractivity contribution in [3.63, 3.8) is 0 Å². The maximum Gasteiger partial charge on any atom is 0.410 e. The molecule has 2 aliphatic heterocycles. The number of ether oxygens (including phenoxy) is 1. The number of rotatable bonds is 0. The van der Waals surface area contributed by atoms with Crippen molar-refractivity contribution in [3.8, 4) is 0 Å². The minimum absolute atomic E-state index is 0.163. The first-order valence-corrected chi connectivity index (χ1v) is 6.17. The number of amides is 1. The molecule has 0 aromatic carbocycles. The van der Waals surface area contributed by atoms with Crippen LogP contribution in [-0.2, 0) is 4.74 Å². The average molecular weight is 226 g/mol. The van der Waals surface area contributed by atoms with Crippen LogP contribution in [0.15, 0.2) is 0 Å². The molecule has 2 saturated heterocycles. The molecule has 2 rings (SSSR count). The predicted molar refractivity (Wildman–Crippen MR) is 62.3 cm³/mol. The van der Waals surface area contributed by atoms with Gasteiger partial charge in [-0.3, -0.25) is 0 Å². The molecule has 2 atom stereocenters. The van der Waals surface area contributed by atoms with Gasteiger partial charge in [0.1, 0.15) is 5.60 Å². The van der Waals surface area contributed by atoms with Crippen LogP contribution >= 0.6 is 0 Å². The Labute approximate surface area is 97.3 Å². The average Bonchev–Trinajstić information content (AvgIpc) is 2.58. The highest BCUT2D eigenvalue weighted by molar-refractivity contribution is 5.68. The molecule has 2 fully saturated rings. The molecular formula is C12H22N2O2. The summed E-state index contributed by atoms with van der Waals surface area (Å²) in [6.07, 6.45) is 2.30. The maximum atomic E-state index is 11.9. The first-order valence-electron chi connectivity index (χ1n) is 6.17. The SMILES string of the molecule is CC(C)(C)OC(=O)N1C[C@@H]2CCCN[C@H]2C1. The lowest BCUT2D eigenvalue weighted by molar-refractivity contribution is 0.0286. The highest BCUT2D eigenvalue weighted by Gasteiger charge is 2.37. The van der Waals surface area contributed by atoms with Crippen molar-refractivity contribution in [3.05, 3.63) is 0 Å². The zero-order valence-corrected chi connectivity index (χ0v) is 10.5. The van der Waals surface area contributed by atoms with E-state index in [1.54, 1.807) is 0 Å². The van der Waals surface area contributed by atoms with Crippen LogP contribution in [0.1, 0.15) is 33.6 Å². The molecule has 0 aromatic rings. The minimum atomic E-state index is -0.391. The molecule has 92 valence electrons. The minimum Gasteiger partial charge on any atom is -0.444 e.